The Kier molecular flexibility index (Phi) is 6.32. The van der Waals surface area contributed by atoms with Crippen LogP contribution in [0.2, 0.25) is 0 Å². The van der Waals surface area contributed by atoms with Gasteiger partial charge in [0.05, 0.1) is 5.95 Å². The quantitative estimate of drug-likeness (QED) is 0.404. The molecule has 1 heterocycles. The monoisotopic (exact) mass is 278 g/mol. The summed E-state index contributed by atoms with van der Waals surface area (Å²) in [5.41, 5.74) is 1.22. The maximum atomic E-state index is 11.6. The van der Waals surface area contributed by atoms with Crippen LogP contribution in [0.5, 0.6) is 0 Å². The number of benzene rings is 1. The van der Waals surface area contributed by atoms with Crippen LogP contribution in [0, 0.1) is 11.3 Å². The molecule has 2 aromatic rings. The summed E-state index contributed by atoms with van der Waals surface area (Å²) in [7, 11) is 0. The molecule has 5 nitrogen and oxygen atoms in total. The minimum atomic E-state index is -0.708. The summed E-state index contributed by atoms with van der Waals surface area (Å²) in [6, 6.07) is 12.7. The van der Waals surface area contributed by atoms with Crippen molar-refractivity contribution in [1.29, 1.82) is 5.26 Å². The minimum absolute atomic E-state index is 0. The van der Waals surface area contributed by atoms with E-state index in [9.17, 15) is 5.11 Å². The molecule has 20 heavy (non-hydrogen) atoms. The first-order valence-corrected chi connectivity index (χ1v) is 5.73. The van der Waals surface area contributed by atoms with Crippen molar-refractivity contribution in [1.82, 2.24) is 5.16 Å². The predicted molar refractivity (Wildman–Crippen MR) is 66.1 cm³/mol. The first kappa shape index (κ1) is 16.3. The van der Waals surface area contributed by atoms with E-state index in [0.29, 0.717) is 5.69 Å². The Morgan fingerprint density at radius 3 is 2.70 bits per heavy atom. The number of hydrogen-bond donors (Lipinski definition) is 0. The summed E-state index contributed by atoms with van der Waals surface area (Å²) in [4.78, 5) is 0. The summed E-state index contributed by atoms with van der Waals surface area (Å²) in [5.74, 6) is -0.597. The summed E-state index contributed by atoms with van der Waals surface area (Å²) in [6.07, 6.45) is 0. The summed E-state index contributed by atoms with van der Waals surface area (Å²) >= 11 is 0. The molecule has 0 aliphatic heterocycles. The van der Waals surface area contributed by atoms with E-state index in [4.69, 9.17) is 14.5 Å². The van der Waals surface area contributed by atoms with Crippen LogP contribution in [0.15, 0.2) is 46.9 Å². The van der Waals surface area contributed by atoms with Gasteiger partial charge in [-0.05, 0) is 6.61 Å². The van der Waals surface area contributed by atoms with Crippen LogP contribution in [0.1, 0.15) is 12.7 Å². The van der Waals surface area contributed by atoms with Gasteiger partial charge in [-0.3, -0.25) is 0 Å². The van der Waals surface area contributed by atoms with Gasteiger partial charge in [-0.1, -0.05) is 42.4 Å². The van der Waals surface area contributed by atoms with Crippen LogP contribution in [-0.4, -0.2) is 11.8 Å². The second-order valence-corrected chi connectivity index (χ2v) is 3.65. The van der Waals surface area contributed by atoms with Crippen LogP contribution < -0.4 is 34.7 Å². The van der Waals surface area contributed by atoms with Gasteiger partial charge >= 0.3 is 29.6 Å². The number of nitriles is 1. The maximum Gasteiger partial charge on any atom is 1.00 e. The van der Waals surface area contributed by atoms with Crippen molar-refractivity contribution in [3.05, 3.63) is 48.1 Å². The van der Waals surface area contributed by atoms with Crippen molar-refractivity contribution in [3.63, 3.8) is 0 Å². The van der Waals surface area contributed by atoms with Gasteiger partial charge in [0.2, 0.25) is 0 Å². The molecule has 6 heteroatoms. The van der Waals surface area contributed by atoms with E-state index in [-0.39, 0.29) is 47.5 Å². The van der Waals surface area contributed by atoms with E-state index in [1.165, 1.54) is 0 Å². The topological polar surface area (TPSA) is 82.1 Å². The van der Waals surface area contributed by atoms with E-state index >= 15 is 0 Å². The minimum Gasteiger partial charge on any atom is -0.613 e. The molecule has 0 saturated heterocycles. The molecule has 0 radical (unpaired) electrons. The SMILES string of the molecule is CCO/C([O-])=C(\C#N)c1cc(-c2ccccc2)no1.[Na+]. The molecular formula is C14H11N2NaO3. The molecule has 0 unspecified atom stereocenters. The zero-order chi connectivity index (χ0) is 13.7. The van der Waals surface area contributed by atoms with Crippen LogP contribution in [0.25, 0.3) is 16.8 Å². The van der Waals surface area contributed by atoms with Gasteiger partial charge in [0.15, 0.2) is 5.76 Å². The normalized spacial score (nSPS) is 11.0. The fraction of sp³-hybridized carbons (Fsp3) is 0.143. The number of rotatable bonds is 4. The molecule has 0 N–H and O–H groups in total. The Morgan fingerprint density at radius 1 is 1.40 bits per heavy atom. The number of hydrogen-bond acceptors (Lipinski definition) is 5. The van der Waals surface area contributed by atoms with E-state index < -0.39 is 5.95 Å². The third-order valence-electron chi connectivity index (χ3n) is 2.42. The zero-order valence-corrected chi connectivity index (χ0v) is 13.3. The Hall–Kier alpha value is -1.74. The van der Waals surface area contributed by atoms with Crippen molar-refractivity contribution in [2.24, 2.45) is 0 Å². The largest absolute Gasteiger partial charge is 1.00 e. The zero-order valence-electron chi connectivity index (χ0n) is 11.3. The van der Waals surface area contributed by atoms with Crippen molar-refractivity contribution < 1.29 is 43.9 Å². The average Bonchev–Trinajstić information content (AvgIpc) is 2.90. The molecule has 0 aliphatic rings. The summed E-state index contributed by atoms with van der Waals surface area (Å²) < 4.78 is 9.81. The van der Waals surface area contributed by atoms with Gasteiger partial charge in [-0.15, -0.1) is 0 Å². The van der Waals surface area contributed by atoms with Crippen molar-refractivity contribution in [2.45, 2.75) is 6.92 Å². The van der Waals surface area contributed by atoms with Crippen LogP contribution >= 0.6 is 0 Å². The smallest absolute Gasteiger partial charge is 0.613 e. The standard InChI is InChI=1S/C14H12N2O3.Na/c1-2-18-14(17)11(9-15)13-8-12(16-19-13)10-6-4-3-5-7-10;/h3-8,17H,2H2,1H3;/q;+1/p-1/b14-11+;. The molecule has 0 bridgehead atoms. The van der Waals surface area contributed by atoms with Crippen LogP contribution in [-0.2, 0) is 4.74 Å². The van der Waals surface area contributed by atoms with Crippen LogP contribution in [0.4, 0.5) is 0 Å². The van der Waals surface area contributed by atoms with Gasteiger partial charge in [-0.25, -0.2) is 0 Å². The molecule has 0 spiro atoms. The molecular weight excluding hydrogens is 267 g/mol. The predicted octanol–water partition coefficient (Wildman–Crippen LogP) is -1.07. The molecule has 0 atom stereocenters. The third kappa shape index (κ3) is 3.64. The van der Waals surface area contributed by atoms with Gasteiger partial charge < -0.3 is 14.4 Å². The molecule has 96 valence electrons. The second-order valence-electron chi connectivity index (χ2n) is 3.65. The Labute approximate surface area is 138 Å². The van der Waals surface area contributed by atoms with E-state index in [2.05, 4.69) is 5.16 Å². The first-order valence-electron chi connectivity index (χ1n) is 5.73. The van der Waals surface area contributed by atoms with Gasteiger partial charge in [-0.2, -0.15) is 5.26 Å². The molecule has 0 aliphatic carbocycles. The Morgan fingerprint density at radius 2 is 2.10 bits per heavy atom. The third-order valence-corrected chi connectivity index (χ3v) is 2.42. The average molecular weight is 278 g/mol. The van der Waals surface area contributed by atoms with E-state index in [1.54, 1.807) is 19.1 Å². The first-order chi connectivity index (χ1) is 9.26. The Balaban J connectivity index is 0.00000200. The van der Waals surface area contributed by atoms with E-state index in [1.807, 2.05) is 30.3 Å². The summed E-state index contributed by atoms with van der Waals surface area (Å²) in [5, 5.41) is 24.4. The number of allylic oxidation sites excluding steroid dienone is 1. The van der Waals surface area contributed by atoms with Gasteiger partial charge in [0, 0.05) is 11.6 Å². The molecule has 0 saturated carbocycles. The van der Waals surface area contributed by atoms with Crippen molar-refractivity contribution >= 4 is 5.57 Å². The number of aromatic nitrogens is 1. The molecule has 2 rings (SSSR count). The van der Waals surface area contributed by atoms with Crippen molar-refractivity contribution in [2.75, 3.05) is 6.61 Å². The fourth-order valence-electron chi connectivity index (χ4n) is 1.54. The number of ether oxygens (including phenoxy) is 1. The molecule has 1 aromatic carbocycles. The summed E-state index contributed by atoms with van der Waals surface area (Å²) in [6.45, 7) is 1.87. The fourth-order valence-corrected chi connectivity index (χ4v) is 1.54. The molecule has 0 fully saturated rings. The second kappa shape index (κ2) is 7.75. The number of nitrogens with zero attached hydrogens (tertiary/aromatic N) is 2. The van der Waals surface area contributed by atoms with Crippen molar-refractivity contribution in [3.8, 4) is 17.3 Å². The van der Waals surface area contributed by atoms with Gasteiger partial charge in [0.1, 0.15) is 17.3 Å². The van der Waals surface area contributed by atoms with E-state index in [0.717, 1.165) is 5.56 Å². The molecule has 0 amide bonds. The van der Waals surface area contributed by atoms with Gasteiger partial charge in [0.25, 0.3) is 0 Å². The Bertz CT molecular complexity index is 629. The van der Waals surface area contributed by atoms with Crippen LogP contribution in [0.3, 0.4) is 0 Å². The maximum absolute atomic E-state index is 11.6. The molecule has 1 aromatic heterocycles.